The van der Waals surface area contributed by atoms with Gasteiger partial charge in [-0.2, -0.15) is 0 Å². The Morgan fingerprint density at radius 1 is 1.36 bits per heavy atom. The fraction of sp³-hybridized carbons (Fsp3) is 0.222. The van der Waals surface area contributed by atoms with Crippen LogP contribution in [0.2, 0.25) is 5.02 Å². The molecule has 0 aliphatic heterocycles. The molecular formula is C9H8ClF2NO. The second-order valence-corrected chi connectivity index (χ2v) is 3.20. The first-order chi connectivity index (χ1) is 6.43. The van der Waals surface area contributed by atoms with E-state index in [9.17, 15) is 13.6 Å². The van der Waals surface area contributed by atoms with Gasteiger partial charge in [0.2, 0.25) is 5.91 Å². The predicted molar refractivity (Wildman–Crippen MR) is 50.5 cm³/mol. The number of carbonyl (C=O) groups is 1. The van der Waals surface area contributed by atoms with Gasteiger partial charge in [-0.1, -0.05) is 11.6 Å². The van der Waals surface area contributed by atoms with Gasteiger partial charge in [0.15, 0.2) is 0 Å². The second-order valence-electron chi connectivity index (χ2n) is 2.80. The number of rotatable bonds is 1. The standard InChI is InChI=1S/C9H8ClF2NO/c1-5(14)13(2)9-3-6(10)7(11)4-8(9)12/h3-4H,1-2H3. The molecule has 0 aliphatic rings. The van der Waals surface area contributed by atoms with Crippen molar-refractivity contribution in [1.29, 1.82) is 0 Å². The number of nitrogens with zero attached hydrogens (tertiary/aromatic N) is 1. The smallest absolute Gasteiger partial charge is 0.223 e. The van der Waals surface area contributed by atoms with Gasteiger partial charge in [-0.25, -0.2) is 8.78 Å². The molecule has 0 bridgehead atoms. The summed E-state index contributed by atoms with van der Waals surface area (Å²) >= 11 is 5.45. The zero-order valence-corrected chi connectivity index (χ0v) is 8.40. The molecule has 0 saturated carbocycles. The minimum absolute atomic E-state index is 0.0381. The average Bonchev–Trinajstić information content (AvgIpc) is 2.10. The number of amides is 1. The molecule has 0 radical (unpaired) electrons. The van der Waals surface area contributed by atoms with Gasteiger partial charge in [0.05, 0.1) is 10.7 Å². The number of hydrogen-bond acceptors (Lipinski definition) is 1. The summed E-state index contributed by atoms with van der Waals surface area (Å²) in [7, 11) is 1.38. The van der Waals surface area contributed by atoms with Gasteiger partial charge in [-0.3, -0.25) is 4.79 Å². The van der Waals surface area contributed by atoms with E-state index in [1.54, 1.807) is 0 Å². The second kappa shape index (κ2) is 3.92. The first-order valence-corrected chi connectivity index (χ1v) is 4.20. The zero-order valence-electron chi connectivity index (χ0n) is 7.64. The van der Waals surface area contributed by atoms with E-state index in [0.717, 1.165) is 11.0 Å². The summed E-state index contributed by atoms with van der Waals surface area (Å²) in [5.74, 6) is -2.01. The van der Waals surface area contributed by atoms with E-state index in [0.29, 0.717) is 6.07 Å². The van der Waals surface area contributed by atoms with Crippen LogP contribution in [0.25, 0.3) is 0 Å². The van der Waals surface area contributed by atoms with Crippen molar-refractivity contribution < 1.29 is 13.6 Å². The van der Waals surface area contributed by atoms with Crippen molar-refractivity contribution in [3.8, 4) is 0 Å². The van der Waals surface area contributed by atoms with Gasteiger partial charge in [-0.15, -0.1) is 0 Å². The molecular weight excluding hydrogens is 212 g/mol. The highest BCUT2D eigenvalue weighted by molar-refractivity contribution is 6.31. The molecule has 5 heteroatoms. The van der Waals surface area contributed by atoms with Gasteiger partial charge in [0.25, 0.3) is 0 Å². The maximum absolute atomic E-state index is 13.1. The predicted octanol–water partition coefficient (Wildman–Crippen LogP) is 2.60. The molecule has 0 spiro atoms. The van der Waals surface area contributed by atoms with E-state index in [1.807, 2.05) is 0 Å². The van der Waals surface area contributed by atoms with Crippen molar-refractivity contribution in [2.75, 3.05) is 11.9 Å². The Morgan fingerprint density at radius 3 is 2.43 bits per heavy atom. The first-order valence-electron chi connectivity index (χ1n) is 3.82. The van der Waals surface area contributed by atoms with Crippen molar-refractivity contribution in [3.05, 3.63) is 28.8 Å². The SMILES string of the molecule is CC(=O)N(C)c1cc(Cl)c(F)cc1F. The molecule has 0 heterocycles. The quantitative estimate of drug-likeness (QED) is 0.665. The third-order valence-electron chi connectivity index (χ3n) is 1.82. The van der Waals surface area contributed by atoms with Crippen LogP contribution in [0.15, 0.2) is 12.1 Å². The summed E-state index contributed by atoms with van der Waals surface area (Å²) in [6.45, 7) is 1.27. The Bertz CT molecular complexity index is 381. The van der Waals surface area contributed by atoms with Crippen molar-refractivity contribution in [2.24, 2.45) is 0 Å². The molecule has 14 heavy (non-hydrogen) atoms. The number of hydrogen-bond donors (Lipinski definition) is 0. The molecule has 1 aromatic rings. The number of anilines is 1. The van der Waals surface area contributed by atoms with Crippen LogP contribution in [0.5, 0.6) is 0 Å². The summed E-state index contributed by atoms with van der Waals surface area (Å²) in [6.07, 6.45) is 0. The van der Waals surface area contributed by atoms with E-state index >= 15 is 0 Å². The van der Waals surface area contributed by atoms with Crippen LogP contribution in [-0.4, -0.2) is 13.0 Å². The van der Waals surface area contributed by atoms with Gasteiger partial charge < -0.3 is 4.90 Å². The molecule has 1 amide bonds. The van der Waals surface area contributed by atoms with Gasteiger partial charge in [0.1, 0.15) is 11.6 Å². The number of benzene rings is 1. The molecule has 2 nitrogen and oxygen atoms in total. The summed E-state index contributed by atoms with van der Waals surface area (Å²) < 4.78 is 25.9. The molecule has 0 fully saturated rings. The molecule has 0 atom stereocenters. The summed E-state index contributed by atoms with van der Waals surface area (Å²) in [6, 6.07) is 1.73. The van der Waals surface area contributed by atoms with Crippen LogP contribution in [-0.2, 0) is 4.79 Å². The molecule has 0 N–H and O–H groups in total. The average molecular weight is 220 g/mol. The van der Waals surface area contributed by atoms with Crippen LogP contribution in [0.1, 0.15) is 6.92 Å². The minimum Gasteiger partial charge on any atom is -0.313 e. The van der Waals surface area contributed by atoms with E-state index < -0.39 is 11.6 Å². The molecule has 1 rings (SSSR count). The molecule has 0 saturated heterocycles. The Kier molecular flexibility index (Phi) is 3.06. The Morgan fingerprint density at radius 2 is 1.93 bits per heavy atom. The highest BCUT2D eigenvalue weighted by Gasteiger charge is 2.14. The van der Waals surface area contributed by atoms with Crippen LogP contribution in [0.3, 0.4) is 0 Å². The van der Waals surface area contributed by atoms with Crippen LogP contribution in [0.4, 0.5) is 14.5 Å². The maximum atomic E-state index is 13.1. The monoisotopic (exact) mass is 219 g/mol. The van der Waals surface area contributed by atoms with Crippen LogP contribution < -0.4 is 4.90 Å². The van der Waals surface area contributed by atoms with E-state index in [2.05, 4.69) is 0 Å². The largest absolute Gasteiger partial charge is 0.313 e. The lowest BCUT2D eigenvalue weighted by Gasteiger charge is -2.16. The fourth-order valence-corrected chi connectivity index (χ4v) is 1.10. The Hall–Kier alpha value is -1.16. The first kappa shape index (κ1) is 10.9. The highest BCUT2D eigenvalue weighted by atomic mass is 35.5. The van der Waals surface area contributed by atoms with E-state index in [4.69, 9.17) is 11.6 Å². The normalized spacial score (nSPS) is 10.1. The van der Waals surface area contributed by atoms with Crippen molar-refractivity contribution >= 4 is 23.2 Å². The number of carbonyl (C=O) groups excluding carboxylic acids is 1. The summed E-state index contributed by atoms with van der Waals surface area (Å²) in [5, 5.41) is -0.213. The number of halogens is 3. The molecule has 76 valence electrons. The lowest BCUT2D eigenvalue weighted by atomic mass is 10.2. The van der Waals surface area contributed by atoms with Crippen molar-refractivity contribution in [2.45, 2.75) is 6.92 Å². The Labute approximate surface area is 85.1 Å². The van der Waals surface area contributed by atoms with Crippen LogP contribution >= 0.6 is 11.6 Å². The molecule has 0 aliphatic carbocycles. The van der Waals surface area contributed by atoms with Crippen molar-refractivity contribution in [1.82, 2.24) is 0 Å². The highest BCUT2D eigenvalue weighted by Crippen LogP contribution is 2.25. The zero-order chi connectivity index (χ0) is 10.9. The lowest BCUT2D eigenvalue weighted by Crippen LogP contribution is -2.23. The summed E-state index contributed by atoms with van der Waals surface area (Å²) in [4.78, 5) is 12.0. The minimum atomic E-state index is -0.843. The Balaban J connectivity index is 3.22. The van der Waals surface area contributed by atoms with Gasteiger partial charge in [-0.05, 0) is 6.07 Å². The molecule has 1 aromatic carbocycles. The third kappa shape index (κ3) is 2.01. The van der Waals surface area contributed by atoms with Gasteiger partial charge >= 0.3 is 0 Å². The van der Waals surface area contributed by atoms with E-state index in [-0.39, 0.29) is 16.6 Å². The van der Waals surface area contributed by atoms with E-state index in [1.165, 1.54) is 14.0 Å². The maximum Gasteiger partial charge on any atom is 0.223 e. The topological polar surface area (TPSA) is 20.3 Å². The molecule has 0 unspecified atom stereocenters. The van der Waals surface area contributed by atoms with Gasteiger partial charge in [0, 0.05) is 20.0 Å². The van der Waals surface area contributed by atoms with Crippen molar-refractivity contribution in [3.63, 3.8) is 0 Å². The third-order valence-corrected chi connectivity index (χ3v) is 2.11. The summed E-state index contributed by atoms with van der Waals surface area (Å²) in [5.41, 5.74) is -0.0381. The molecule has 0 aromatic heterocycles. The fourth-order valence-electron chi connectivity index (χ4n) is 0.939. The van der Waals surface area contributed by atoms with Crippen LogP contribution in [0, 0.1) is 11.6 Å². The lowest BCUT2D eigenvalue weighted by molar-refractivity contribution is -0.116.